The Morgan fingerprint density at radius 2 is 1.59 bits per heavy atom. The molecule has 0 spiro atoms. The summed E-state index contributed by atoms with van der Waals surface area (Å²) in [4.78, 5) is 13.0. The first-order chi connectivity index (χ1) is 16.2. The summed E-state index contributed by atoms with van der Waals surface area (Å²) in [7, 11) is -0.718. The van der Waals surface area contributed by atoms with E-state index in [2.05, 4.69) is 5.32 Å². The van der Waals surface area contributed by atoms with E-state index in [1.165, 1.54) is 7.11 Å². The molecule has 34 heavy (non-hydrogen) atoms. The van der Waals surface area contributed by atoms with E-state index in [1.54, 1.807) is 68.6 Å². The van der Waals surface area contributed by atoms with Crippen molar-refractivity contribution in [3.05, 3.63) is 78.4 Å². The maximum absolute atomic E-state index is 13.0. The van der Waals surface area contributed by atoms with Crippen LogP contribution >= 0.6 is 0 Å². The topological polar surface area (TPSA) is 94.2 Å². The predicted octanol–water partition coefficient (Wildman–Crippen LogP) is 4.14. The number of nitrogens with zero attached hydrogens (tertiary/aromatic N) is 1. The van der Waals surface area contributed by atoms with E-state index in [0.717, 1.165) is 10.6 Å². The van der Waals surface area contributed by atoms with Crippen LogP contribution in [-0.4, -0.2) is 41.3 Å². The van der Waals surface area contributed by atoms with E-state index in [1.807, 2.05) is 18.2 Å². The van der Waals surface area contributed by atoms with Gasteiger partial charge >= 0.3 is 0 Å². The average Bonchev–Trinajstić information content (AvgIpc) is 2.82. The van der Waals surface area contributed by atoms with Gasteiger partial charge < -0.3 is 19.5 Å². The Morgan fingerprint density at radius 3 is 2.24 bits per heavy atom. The third-order valence-electron chi connectivity index (χ3n) is 5.07. The minimum Gasteiger partial charge on any atom is -0.497 e. The van der Waals surface area contributed by atoms with Crippen molar-refractivity contribution >= 4 is 21.6 Å². The molecule has 0 aliphatic carbocycles. The Labute approximate surface area is 200 Å². The molecule has 0 aliphatic rings. The fourth-order valence-corrected chi connectivity index (χ4v) is 4.28. The summed E-state index contributed by atoms with van der Waals surface area (Å²) in [6.45, 7) is 1.36. The van der Waals surface area contributed by atoms with Crippen LogP contribution in [0.3, 0.4) is 0 Å². The van der Waals surface area contributed by atoms with Crippen LogP contribution in [0.1, 0.15) is 18.5 Å². The highest BCUT2D eigenvalue weighted by atomic mass is 32.2. The number of hydrogen-bond acceptors (Lipinski definition) is 6. The fraction of sp³-hybridized carbons (Fsp3) is 0.240. The molecule has 0 saturated heterocycles. The van der Waals surface area contributed by atoms with E-state index >= 15 is 0 Å². The number of rotatable bonds is 10. The lowest BCUT2D eigenvalue weighted by atomic mass is 10.1. The van der Waals surface area contributed by atoms with Gasteiger partial charge in [-0.1, -0.05) is 30.3 Å². The average molecular weight is 485 g/mol. The quantitative estimate of drug-likeness (QED) is 0.465. The molecule has 1 N–H and O–H groups in total. The van der Waals surface area contributed by atoms with Gasteiger partial charge in [-0.2, -0.15) is 0 Å². The Hall–Kier alpha value is -3.72. The zero-order valence-electron chi connectivity index (χ0n) is 19.5. The van der Waals surface area contributed by atoms with Crippen LogP contribution in [-0.2, 0) is 14.8 Å². The lowest BCUT2D eigenvalue weighted by molar-refractivity contribution is -0.120. The second kappa shape index (κ2) is 10.9. The normalized spacial score (nSPS) is 11.9. The molecular formula is C25H28N2O6S. The molecule has 9 heteroatoms. The molecule has 3 rings (SSSR count). The number of nitrogens with one attached hydrogen (secondary N) is 1. The highest BCUT2D eigenvalue weighted by Crippen LogP contribution is 2.34. The number of amides is 1. The lowest BCUT2D eigenvalue weighted by Gasteiger charge is -2.25. The highest BCUT2D eigenvalue weighted by molar-refractivity contribution is 7.92. The molecular weight excluding hydrogens is 456 g/mol. The van der Waals surface area contributed by atoms with Crippen LogP contribution in [0.4, 0.5) is 5.69 Å². The van der Waals surface area contributed by atoms with Crippen LogP contribution < -0.4 is 23.8 Å². The standard InChI is InChI=1S/C25H28N2O6S/c1-18(21-16-20(31-2)14-15-23(21)32-3)26-25(28)17-27(34(4,29)30)22-12-8-9-13-24(22)33-19-10-6-5-7-11-19/h5-16,18H,17H2,1-4H3,(H,26,28)/t18-/m0/s1. The Morgan fingerprint density at radius 1 is 0.912 bits per heavy atom. The molecule has 0 fully saturated rings. The molecule has 3 aromatic rings. The van der Waals surface area contributed by atoms with Gasteiger partial charge in [0.25, 0.3) is 0 Å². The molecule has 0 heterocycles. The zero-order chi connectivity index (χ0) is 24.7. The lowest BCUT2D eigenvalue weighted by Crippen LogP contribution is -2.41. The Kier molecular flexibility index (Phi) is 8.01. The van der Waals surface area contributed by atoms with Crippen molar-refractivity contribution in [1.82, 2.24) is 5.32 Å². The summed E-state index contributed by atoms with van der Waals surface area (Å²) in [5.41, 5.74) is 0.963. The predicted molar refractivity (Wildman–Crippen MR) is 131 cm³/mol. The van der Waals surface area contributed by atoms with E-state index < -0.39 is 28.5 Å². The van der Waals surface area contributed by atoms with Crippen molar-refractivity contribution < 1.29 is 27.4 Å². The highest BCUT2D eigenvalue weighted by Gasteiger charge is 2.25. The number of carbonyl (C=O) groups is 1. The first kappa shape index (κ1) is 24.9. The van der Waals surface area contributed by atoms with Crippen LogP contribution in [0.25, 0.3) is 0 Å². The summed E-state index contributed by atoms with van der Waals surface area (Å²) in [5.74, 6) is 1.56. The van der Waals surface area contributed by atoms with Crippen LogP contribution in [0.15, 0.2) is 72.8 Å². The number of anilines is 1. The molecule has 3 aromatic carbocycles. The van der Waals surface area contributed by atoms with Gasteiger partial charge in [0.1, 0.15) is 23.8 Å². The van der Waals surface area contributed by atoms with Gasteiger partial charge in [-0.25, -0.2) is 8.42 Å². The van der Waals surface area contributed by atoms with E-state index in [9.17, 15) is 13.2 Å². The van der Waals surface area contributed by atoms with Gasteiger partial charge in [0.05, 0.1) is 32.2 Å². The molecule has 0 saturated carbocycles. The molecule has 8 nitrogen and oxygen atoms in total. The van der Waals surface area contributed by atoms with Crippen molar-refractivity contribution in [3.63, 3.8) is 0 Å². The minimum atomic E-state index is -3.80. The summed E-state index contributed by atoms with van der Waals surface area (Å²) < 4.78 is 42.9. The van der Waals surface area contributed by atoms with Crippen LogP contribution in [0, 0.1) is 0 Å². The first-order valence-corrected chi connectivity index (χ1v) is 12.4. The molecule has 1 amide bonds. The number of carbonyl (C=O) groups excluding carboxylic acids is 1. The third kappa shape index (κ3) is 6.20. The van der Waals surface area contributed by atoms with E-state index in [4.69, 9.17) is 14.2 Å². The summed E-state index contributed by atoms with van der Waals surface area (Å²) in [6, 6.07) is 20.5. The molecule has 180 valence electrons. The largest absolute Gasteiger partial charge is 0.497 e. The van der Waals surface area contributed by atoms with Gasteiger partial charge in [0, 0.05) is 5.56 Å². The number of ether oxygens (including phenoxy) is 3. The second-order valence-corrected chi connectivity index (χ2v) is 9.46. The smallest absolute Gasteiger partial charge is 0.241 e. The molecule has 0 bridgehead atoms. The van der Waals surface area contributed by atoms with Crippen LogP contribution in [0.2, 0.25) is 0 Å². The molecule has 1 atom stereocenters. The van der Waals surface area contributed by atoms with Gasteiger partial charge in [-0.15, -0.1) is 0 Å². The van der Waals surface area contributed by atoms with Crippen molar-refractivity contribution in [1.29, 1.82) is 0 Å². The third-order valence-corrected chi connectivity index (χ3v) is 6.20. The summed E-state index contributed by atoms with van der Waals surface area (Å²) in [6.07, 6.45) is 1.05. The molecule has 0 aromatic heterocycles. The molecule has 0 aliphatic heterocycles. The van der Waals surface area contributed by atoms with Crippen molar-refractivity contribution in [2.24, 2.45) is 0 Å². The molecule has 0 unspecified atom stereocenters. The molecule has 0 radical (unpaired) electrons. The van der Waals surface area contributed by atoms with Gasteiger partial charge in [-0.05, 0) is 49.4 Å². The summed E-state index contributed by atoms with van der Waals surface area (Å²) >= 11 is 0. The van der Waals surface area contributed by atoms with Gasteiger partial charge in [-0.3, -0.25) is 9.10 Å². The maximum Gasteiger partial charge on any atom is 0.241 e. The number of sulfonamides is 1. The van der Waals surface area contributed by atoms with Crippen molar-refractivity contribution in [2.45, 2.75) is 13.0 Å². The second-order valence-electron chi connectivity index (χ2n) is 7.55. The number of hydrogen-bond donors (Lipinski definition) is 1. The Balaban J connectivity index is 1.84. The van der Waals surface area contributed by atoms with Gasteiger partial charge in [0.15, 0.2) is 5.75 Å². The summed E-state index contributed by atoms with van der Waals surface area (Å²) in [5, 5.41) is 2.84. The van der Waals surface area contributed by atoms with Crippen molar-refractivity contribution in [2.75, 3.05) is 31.3 Å². The zero-order valence-corrected chi connectivity index (χ0v) is 20.3. The first-order valence-electron chi connectivity index (χ1n) is 10.5. The van der Waals surface area contributed by atoms with E-state index in [0.29, 0.717) is 28.6 Å². The number of benzene rings is 3. The van der Waals surface area contributed by atoms with Crippen molar-refractivity contribution in [3.8, 4) is 23.0 Å². The number of methoxy groups -OCH3 is 2. The monoisotopic (exact) mass is 484 g/mol. The van der Waals surface area contributed by atoms with E-state index in [-0.39, 0.29) is 5.69 Å². The number of para-hydroxylation sites is 3. The SMILES string of the molecule is COc1ccc(OC)c([C@H](C)NC(=O)CN(c2ccccc2Oc2ccccc2)S(C)(=O)=O)c1. The fourth-order valence-electron chi connectivity index (χ4n) is 3.42. The maximum atomic E-state index is 13.0. The minimum absolute atomic E-state index is 0.260. The Bertz CT molecular complexity index is 1230. The van der Waals surface area contributed by atoms with Gasteiger partial charge in [0.2, 0.25) is 15.9 Å². The van der Waals surface area contributed by atoms with Crippen LogP contribution in [0.5, 0.6) is 23.0 Å².